The fraction of sp³-hybridized carbons (Fsp3) is 0.862. The van der Waals surface area contributed by atoms with Crippen molar-refractivity contribution in [3.05, 3.63) is 0 Å². The Morgan fingerprint density at radius 2 is 0.628 bits per heavy atom. The molecule has 0 atom stereocenters. The number of rotatable bonds is 26. The van der Waals surface area contributed by atoms with Gasteiger partial charge in [-0.15, -0.1) is 0 Å². The summed E-state index contributed by atoms with van der Waals surface area (Å²) in [6.45, 7) is 14.3. The quantitative estimate of drug-likeness (QED) is 0.0595. The molecule has 0 rings (SSSR count). The molecule has 0 heterocycles. The van der Waals surface area contributed by atoms with E-state index in [2.05, 4.69) is 0 Å². The summed E-state index contributed by atoms with van der Waals surface area (Å²) in [5, 5.41) is 0. The third-order valence-electron chi connectivity index (χ3n) is 4.50. The molecule has 0 N–H and O–H groups in total. The van der Waals surface area contributed by atoms with Crippen LogP contribution in [0, 0.1) is 0 Å². The molecule has 0 radical (unpaired) electrons. The van der Waals surface area contributed by atoms with Gasteiger partial charge in [-0.2, -0.15) is 0 Å². The highest BCUT2D eigenvalue weighted by Crippen LogP contribution is 2.09. The summed E-state index contributed by atoms with van der Waals surface area (Å²) in [5.41, 5.74) is -1.02. The SMILES string of the molecule is CC(C)(C)OC(=O)CCOCCOCCOCCOC(=O)CC(=O)OCCOCCOCCOCCC(=O)OC(C)(C)C. The molecule has 0 aromatic heterocycles. The first kappa shape index (κ1) is 40.6. The molecule has 0 bridgehead atoms. The van der Waals surface area contributed by atoms with Crippen molar-refractivity contribution in [2.75, 3.05) is 92.5 Å². The van der Waals surface area contributed by atoms with Crippen LogP contribution in [-0.4, -0.2) is 128 Å². The normalized spacial score (nSPS) is 11.7. The second-order valence-electron chi connectivity index (χ2n) is 11.0. The molecule has 0 aliphatic rings. The molecule has 0 aromatic carbocycles. The zero-order valence-corrected chi connectivity index (χ0v) is 26.7. The molecule has 0 saturated carbocycles. The van der Waals surface area contributed by atoms with Crippen LogP contribution >= 0.6 is 0 Å². The predicted molar refractivity (Wildman–Crippen MR) is 152 cm³/mol. The van der Waals surface area contributed by atoms with Gasteiger partial charge in [0.2, 0.25) is 0 Å². The molecule has 0 saturated heterocycles. The smallest absolute Gasteiger partial charge is 0.317 e. The molecule has 252 valence electrons. The fourth-order valence-corrected chi connectivity index (χ4v) is 2.83. The lowest BCUT2D eigenvalue weighted by molar-refractivity contribution is -0.158. The van der Waals surface area contributed by atoms with Gasteiger partial charge in [0.25, 0.3) is 0 Å². The first-order chi connectivity index (χ1) is 20.3. The van der Waals surface area contributed by atoms with Crippen molar-refractivity contribution in [1.82, 2.24) is 0 Å². The lowest BCUT2D eigenvalue weighted by Gasteiger charge is -2.19. The van der Waals surface area contributed by atoms with Gasteiger partial charge in [-0.05, 0) is 41.5 Å². The van der Waals surface area contributed by atoms with Gasteiger partial charge < -0.3 is 47.4 Å². The van der Waals surface area contributed by atoms with E-state index in [-0.39, 0.29) is 64.4 Å². The third kappa shape index (κ3) is 32.4. The van der Waals surface area contributed by atoms with E-state index in [1.54, 1.807) is 0 Å². The van der Waals surface area contributed by atoms with Crippen molar-refractivity contribution in [2.45, 2.75) is 72.0 Å². The molecule has 0 aromatic rings. The van der Waals surface area contributed by atoms with Crippen LogP contribution < -0.4 is 0 Å². The van der Waals surface area contributed by atoms with Gasteiger partial charge in [0.15, 0.2) is 0 Å². The Labute approximate surface area is 255 Å². The molecule has 14 heteroatoms. The molecular weight excluding hydrogens is 572 g/mol. The van der Waals surface area contributed by atoms with Crippen molar-refractivity contribution in [3.8, 4) is 0 Å². The van der Waals surface area contributed by atoms with E-state index in [0.29, 0.717) is 52.9 Å². The average Bonchev–Trinajstić information content (AvgIpc) is 2.87. The van der Waals surface area contributed by atoms with Crippen molar-refractivity contribution in [3.63, 3.8) is 0 Å². The summed E-state index contributed by atoms with van der Waals surface area (Å²) in [6.07, 6.45) is -0.142. The summed E-state index contributed by atoms with van der Waals surface area (Å²) >= 11 is 0. The molecule has 0 amide bonds. The van der Waals surface area contributed by atoms with Crippen molar-refractivity contribution >= 4 is 23.9 Å². The lowest BCUT2D eigenvalue weighted by atomic mass is 10.2. The Morgan fingerprint density at radius 1 is 0.372 bits per heavy atom. The van der Waals surface area contributed by atoms with Crippen LogP contribution in [0.5, 0.6) is 0 Å². The van der Waals surface area contributed by atoms with Crippen LogP contribution in [-0.2, 0) is 66.5 Å². The minimum atomic E-state index is -0.712. The molecule has 0 spiro atoms. The molecule has 43 heavy (non-hydrogen) atoms. The van der Waals surface area contributed by atoms with Crippen LogP contribution in [0.4, 0.5) is 0 Å². The van der Waals surface area contributed by atoms with E-state index >= 15 is 0 Å². The Morgan fingerprint density at radius 3 is 0.907 bits per heavy atom. The van der Waals surface area contributed by atoms with Gasteiger partial charge in [-0.25, -0.2) is 0 Å². The van der Waals surface area contributed by atoms with Crippen LogP contribution in [0.3, 0.4) is 0 Å². The van der Waals surface area contributed by atoms with E-state index < -0.39 is 29.6 Å². The maximum Gasteiger partial charge on any atom is 0.317 e. The molecule has 0 unspecified atom stereocenters. The monoisotopic (exact) mass is 624 g/mol. The number of carbonyl (C=O) groups is 4. The number of esters is 4. The average molecular weight is 625 g/mol. The van der Waals surface area contributed by atoms with Crippen LogP contribution in [0.1, 0.15) is 60.8 Å². The molecule has 0 aliphatic carbocycles. The highest BCUT2D eigenvalue weighted by molar-refractivity contribution is 5.91. The Bertz CT molecular complexity index is 695. The molecular formula is C29H52O14. The Kier molecular flexibility index (Phi) is 23.6. The number of ether oxygens (including phenoxy) is 10. The molecule has 0 aliphatic heterocycles. The highest BCUT2D eigenvalue weighted by Gasteiger charge is 2.16. The summed E-state index contributed by atoms with van der Waals surface area (Å²) in [7, 11) is 0. The Balaban J connectivity index is 3.41. The topological polar surface area (TPSA) is 161 Å². The molecule has 0 fully saturated rings. The van der Waals surface area contributed by atoms with Gasteiger partial charge in [0.1, 0.15) is 30.8 Å². The summed E-state index contributed by atoms with van der Waals surface area (Å²) in [5.74, 6) is -2.04. The van der Waals surface area contributed by atoms with Gasteiger partial charge in [0.05, 0.1) is 92.1 Å². The minimum absolute atomic E-state index is 0.00220. The van der Waals surface area contributed by atoms with Gasteiger partial charge in [-0.1, -0.05) is 0 Å². The maximum atomic E-state index is 11.7. The van der Waals surface area contributed by atoms with Crippen LogP contribution in [0.2, 0.25) is 0 Å². The van der Waals surface area contributed by atoms with E-state index in [1.165, 1.54) is 0 Å². The lowest BCUT2D eigenvalue weighted by Crippen LogP contribution is -2.24. The van der Waals surface area contributed by atoms with Crippen molar-refractivity contribution < 1.29 is 66.5 Å². The standard InChI is InChI=1S/C29H52O14/c1-28(2,3)42-24(30)7-9-34-11-13-36-15-17-38-19-21-40-26(32)23-27(33)41-22-20-39-18-16-37-14-12-35-10-8-25(31)43-29(4,5)6/h7-23H2,1-6H3. The minimum Gasteiger partial charge on any atom is -0.463 e. The predicted octanol–water partition coefficient (Wildman–Crippen LogP) is 2.03. The van der Waals surface area contributed by atoms with E-state index in [4.69, 9.17) is 47.4 Å². The summed E-state index contributed by atoms with van der Waals surface area (Å²) in [4.78, 5) is 46.5. The fourth-order valence-electron chi connectivity index (χ4n) is 2.83. The zero-order chi connectivity index (χ0) is 32.4. The molecule has 14 nitrogen and oxygen atoms in total. The van der Waals surface area contributed by atoms with Crippen molar-refractivity contribution in [2.24, 2.45) is 0 Å². The van der Waals surface area contributed by atoms with E-state index in [0.717, 1.165) is 0 Å². The number of carbonyl (C=O) groups excluding carboxylic acids is 4. The Hall–Kier alpha value is -2.36. The second-order valence-corrected chi connectivity index (χ2v) is 11.0. The maximum absolute atomic E-state index is 11.7. The first-order valence-electron chi connectivity index (χ1n) is 14.5. The van der Waals surface area contributed by atoms with Gasteiger partial charge in [0, 0.05) is 0 Å². The third-order valence-corrected chi connectivity index (χ3v) is 4.50. The van der Waals surface area contributed by atoms with E-state index in [1.807, 2.05) is 41.5 Å². The number of hydrogen-bond acceptors (Lipinski definition) is 14. The number of hydrogen-bond donors (Lipinski definition) is 0. The van der Waals surface area contributed by atoms with Crippen molar-refractivity contribution in [1.29, 1.82) is 0 Å². The largest absolute Gasteiger partial charge is 0.463 e. The van der Waals surface area contributed by atoms with E-state index in [9.17, 15) is 19.2 Å². The first-order valence-corrected chi connectivity index (χ1v) is 14.5. The zero-order valence-electron chi connectivity index (χ0n) is 26.7. The van der Waals surface area contributed by atoms with Crippen LogP contribution in [0.25, 0.3) is 0 Å². The van der Waals surface area contributed by atoms with Crippen LogP contribution in [0.15, 0.2) is 0 Å². The highest BCUT2D eigenvalue weighted by atomic mass is 16.6. The summed E-state index contributed by atoms with van der Waals surface area (Å²) < 4.78 is 52.1. The van der Waals surface area contributed by atoms with Gasteiger partial charge >= 0.3 is 23.9 Å². The summed E-state index contributed by atoms with van der Waals surface area (Å²) in [6, 6.07) is 0. The van der Waals surface area contributed by atoms with Gasteiger partial charge in [-0.3, -0.25) is 19.2 Å². The second kappa shape index (κ2) is 25.0.